The third-order valence-electron chi connectivity index (χ3n) is 4.18. The van der Waals surface area contributed by atoms with Gasteiger partial charge in [-0.3, -0.25) is 9.48 Å². The van der Waals surface area contributed by atoms with Crippen molar-refractivity contribution in [2.45, 2.75) is 31.8 Å². The van der Waals surface area contributed by atoms with Crippen LogP contribution in [0.5, 0.6) is 0 Å². The Morgan fingerprint density at radius 3 is 2.91 bits per heavy atom. The van der Waals surface area contributed by atoms with Crippen LogP contribution in [-0.4, -0.2) is 34.3 Å². The van der Waals surface area contributed by atoms with Gasteiger partial charge >= 0.3 is 0 Å². The second-order valence-electron chi connectivity index (χ2n) is 6.07. The van der Waals surface area contributed by atoms with E-state index in [1.165, 1.54) is 6.07 Å². The van der Waals surface area contributed by atoms with Crippen LogP contribution in [0, 0.1) is 5.82 Å². The predicted molar refractivity (Wildman–Crippen MR) is 86.7 cm³/mol. The predicted octanol–water partition coefficient (Wildman–Crippen LogP) is 1.89. The first-order chi connectivity index (χ1) is 11.0. The van der Waals surface area contributed by atoms with Gasteiger partial charge in [0.1, 0.15) is 5.82 Å². The molecule has 1 aliphatic rings. The molecule has 1 saturated heterocycles. The van der Waals surface area contributed by atoms with Crippen molar-refractivity contribution in [2.75, 3.05) is 11.4 Å². The molecule has 1 amide bonds. The van der Waals surface area contributed by atoms with Crippen molar-refractivity contribution in [2.24, 2.45) is 7.05 Å². The molecule has 0 spiro atoms. The van der Waals surface area contributed by atoms with Crippen LogP contribution in [0.25, 0.3) is 0 Å². The highest BCUT2D eigenvalue weighted by Crippen LogP contribution is 2.21. The minimum Gasteiger partial charge on any atom is -0.308 e. The number of nitrogens with one attached hydrogen (secondary N) is 1. The summed E-state index contributed by atoms with van der Waals surface area (Å²) in [6.45, 7) is 2.65. The molecular formula is C17H21FN4O. The van der Waals surface area contributed by atoms with Crippen LogP contribution in [0.15, 0.2) is 36.7 Å². The maximum Gasteiger partial charge on any atom is 0.244 e. The number of halogens is 1. The number of anilines is 1. The van der Waals surface area contributed by atoms with Crippen LogP contribution in [-0.2, 0) is 18.3 Å². The van der Waals surface area contributed by atoms with E-state index >= 15 is 0 Å². The van der Waals surface area contributed by atoms with E-state index in [0.717, 1.165) is 12.1 Å². The fourth-order valence-electron chi connectivity index (χ4n) is 3.03. The average Bonchev–Trinajstić information content (AvgIpc) is 3.08. The number of benzene rings is 1. The number of nitrogens with zero attached hydrogens (tertiary/aromatic N) is 3. The zero-order valence-electron chi connectivity index (χ0n) is 13.4. The minimum absolute atomic E-state index is 0.0229. The summed E-state index contributed by atoms with van der Waals surface area (Å²) in [5.74, 6) is -0.144. The Kier molecular flexibility index (Phi) is 4.43. The molecule has 2 heterocycles. The van der Waals surface area contributed by atoms with E-state index in [1.54, 1.807) is 27.9 Å². The molecule has 122 valence electrons. The molecule has 0 unspecified atom stereocenters. The molecule has 2 aromatic rings. The van der Waals surface area contributed by atoms with Crippen LogP contribution in [0.4, 0.5) is 10.1 Å². The van der Waals surface area contributed by atoms with Gasteiger partial charge in [-0.25, -0.2) is 4.39 Å². The van der Waals surface area contributed by atoms with E-state index in [0.29, 0.717) is 18.5 Å². The number of amides is 1. The van der Waals surface area contributed by atoms with Gasteiger partial charge in [0.25, 0.3) is 0 Å². The number of aryl methyl sites for hydroxylation is 1. The molecule has 2 atom stereocenters. The fourth-order valence-corrected chi connectivity index (χ4v) is 3.03. The maximum absolute atomic E-state index is 13.7. The number of carbonyl (C=O) groups is 1. The van der Waals surface area contributed by atoms with Crippen molar-refractivity contribution < 1.29 is 9.18 Å². The summed E-state index contributed by atoms with van der Waals surface area (Å²) < 4.78 is 15.4. The zero-order valence-corrected chi connectivity index (χ0v) is 13.4. The first-order valence-corrected chi connectivity index (χ1v) is 7.84. The van der Waals surface area contributed by atoms with Crippen molar-refractivity contribution in [3.8, 4) is 0 Å². The summed E-state index contributed by atoms with van der Waals surface area (Å²) >= 11 is 0. The summed E-state index contributed by atoms with van der Waals surface area (Å²) in [5, 5.41) is 7.43. The summed E-state index contributed by atoms with van der Waals surface area (Å²) in [6.07, 6.45) is 4.84. The molecule has 5 nitrogen and oxygen atoms in total. The second kappa shape index (κ2) is 6.50. The molecule has 1 aromatic carbocycles. The normalized spacial score (nSPS) is 19.3. The highest BCUT2D eigenvalue weighted by atomic mass is 19.1. The average molecular weight is 316 g/mol. The number of rotatable bonds is 5. The highest BCUT2D eigenvalue weighted by Gasteiger charge is 2.33. The smallest absolute Gasteiger partial charge is 0.244 e. The van der Waals surface area contributed by atoms with E-state index in [1.807, 2.05) is 26.2 Å². The maximum atomic E-state index is 13.7. The molecule has 1 aromatic heterocycles. The van der Waals surface area contributed by atoms with E-state index < -0.39 is 0 Å². The summed E-state index contributed by atoms with van der Waals surface area (Å²) in [5.41, 5.74) is 1.49. The van der Waals surface area contributed by atoms with Crippen LogP contribution in [0.3, 0.4) is 0 Å². The molecule has 0 bridgehead atoms. The van der Waals surface area contributed by atoms with Gasteiger partial charge in [-0.1, -0.05) is 18.2 Å². The van der Waals surface area contributed by atoms with Gasteiger partial charge in [-0.05, 0) is 31.4 Å². The molecule has 1 aliphatic heterocycles. The number of hydrogen-bond acceptors (Lipinski definition) is 3. The molecule has 6 heteroatoms. The topological polar surface area (TPSA) is 50.2 Å². The van der Waals surface area contributed by atoms with Crippen molar-refractivity contribution in [1.29, 1.82) is 0 Å². The molecule has 3 rings (SSSR count). The molecule has 1 fully saturated rings. The van der Waals surface area contributed by atoms with Crippen molar-refractivity contribution in [1.82, 2.24) is 15.1 Å². The third-order valence-corrected chi connectivity index (χ3v) is 4.18. The Hall–Kier alpha value is -2.21. The number of hydrogen-bond donors (Lipinski definition) is 1. The van der Waals surface area contributed by atoms with Crippen LogP contribution in [0.2, 0.25) is 0 Å². The van der Waals surface area contributed by atoms with Gasteiger partial charge in [-0.15, -0.1) is 0 Å². The van der Waals surface area contributed by atoms with Crippen LogP contribution < -0.4 is 10.2 Å². The Morgan fingerprint density at radius 2 is 2.22 bits per heavy atom. The Bertz CT molecular complexity index is 699. The lowest BCUT2D eigenvalue weighted by atomic mass is 10.1. The van der Waals surface area contributed by atoms with Gasteiger partial charge in [0.15, 0.2) is 0 Å². The van der Waals surface area contributed by atoms with E-state index in [-0.39, 0.29) is 23.8 Å². The molecule has 1 N–H and O–H groups in total. The monoisotopic (exact) mass is 316 g/mol. The Morgan fingerprint density at radius 1 is 1.43 bits per heavy atom. The number of carbonyl (C=O) groups excluding carboxylic acids is 1. The molecule has 23 heavy (non-hydrogen) atoms. The molecule has 0 radical (unpaired) electrons. The number of aromatic nitrogens is 2. The summed E-state index contributed by atoms with van der Waals surface area (Å²) in [7, 11) is 1.83. The SMILES string of the molecule is C[C@H](Cc1ccccc1F)N[C@@H]1CCN(c2cnn(C)c2)C1=O. The zero-order chi connectivity index (χ0) is 16.4. The minimum atomic E-state index is -0.225. The van der Waals surface area contributed by atoms with E-state index in [2.05, 4.69) is 10.4 Å². The van der Waals surface area contributed by atoms with Crippen molar-refractivity contribution >= 4 is 11.6 Å². The lowest BCUT2D eigenvalue weighted by Crippen LogP contribution is -2.43. The lowest BCUT2D eigenvalue weighted by molar-refractivity contribution is -0.119. The van der Waals surface area contributed by atoms with Crippen molar-refractivity contribution in [3.63, 3.8) is 0 Å². The largest absolute Gasteiger partial charge is 0.308 e. The lowest BCUT2D eigenvalue weighted by Gasteiger charge is -2.19. The first-order valence-electron chi connectivity index (χ1n) is 7.84. The van der Waals surface area contributed by atoms with Gasteiger partial charge in [-0.2, -0.15) is 5.10 Å². The third kappa shape index (κ3) is 3.42. The van der Waals surface area contributed by atoms with Gasteiger partial charge in [0.2, 0.25) is 5.91 Å². The summed E-state index contributed by atoms with van der Waals surface area (Å²) in [6, 6.07) is 6.56. The molecule has 0 saturated carbocycles. The molecular weight excluding hydrogens is 295 g/mol. The molecule has 0 aliphatic carbocycles. The quantitative estimate of drug-likeness (QED) is 0.916. The van der Waals surface area contributed by atoms with Crippen LogP contribution >= 0.6 is 0 Å². The standard InChI is InChI=1S/C17H21FN4O/c1-12(9-13-5-3-4-6-15(13)18)20-16-7-8-22(17(16)23)14-10-19-21(2)11-14/h3-6,10-12,16,20H,7-9H2,1-2H3/t12-,16-/m1/s1. The van der Waals surface area contributed by atoms with Crippen LogP contribution in [0.1, 0.15) is 18.9 Å². The van der Waals surface area contributed by atoms with E-state index in [9.17, 15) is 9.18 Å². The van der Waals surface area contributed by atoms with Crippen molar-refractivity contribution in [3.05, 3.63) is 48.0 Å². The Balaban J connectivity index is 1.60. The van der Waals surface area contributed by atoms with Gasteiger partial charge in [0.05, 0.1) is 17.9 Å². The fraction of sp³-hybridized carbons (Fsp3) is 0.412. The van der Waals surface area contributed by atoms with Gasteiger partial charge in [0, 0.05) is 25.8 Å². The van der Waals surface area contributed by atoms with E-state index in [4.69, 9.17) is 0 Å². The van der Waals surface area contributed by atoms with Gasteiger partial charge < -0.3 is 10.2 Å². The first kappa shape index (κ1) is 15.7. The highest BCUT2D eigenvalue weighted by molar-refractivity contribution is 5.99. The Labute approximate surface area is 135 Å². The second-order valence-corrected chi connectivity index (χ2v) is 6.07. The summed E-state index contributed by atoms with van der Waals surface area (Å²) in [4.78, 5) is 14.3.